The van der Waals surface area contributed by atoms with Gasteiger partial charge in [0.2, 0.25) is 0 Å². The van der Waals surface area contributed by atoms with Crippen molar-refractivity contribution < 1.29 is 0 Å². The largest absolute Gasteiger partial charge is 0.305 e. The van der Waals surface area contributed by atoms with Crippen LogP contribution in [0.4, 0.5) is 0 Å². The summed E-state index contributed by atoms with van der Waals surface area (Å²) in [4.78, 5) is 0. The fourth-order valence-corrected chi connectivity index (χ4v) is 2.36. The Hall–Kier alpha value is -1.32. The van der Waals surface area contributed by atoms with Crippen LogP contribution in [-0.2, 0) is 19.5 Å². The predicted octanol–water partition coefficient (Wildman–Crippen LogP) is 3.97. The molecule has 3 nitrogen and oxygen atoms in total. The minimum atomic E-state index is 0.289. The molecule has 0 aliphatic rings. The number of halogens is 1. The molecule has 0 saturated carbocycles. The van der Waals surface area contributed by atoms with Crippen molar-refractivity contribution in [2.24, 2.45) is 0 Å². The van der Waals surface area contributed by atoms with Gasteiger partial charge in [-0.1, -0.05) is 30.7 Å². The highest BCUT2D eigenvalue weighted by atomic mass is 35.5. The van der Waals surface area contributed by atoms with Gasteiger partial charge in [0.15, 0.2) is 0 Å². The summed E-state index contributed by atoms with van der Waals surface area (Å²) in [6.45, 7) is 8.15. The molecule has 1 heterocycles. The molecule has 0 radical (unpaired) electrons. The maximum atomic E-state index is 5.92. The molecule has 4 heteroatoms. The summed E-state index contributed by atoms with van der Waals surface area (Å²) in [5.74, 6) is 0. The molecule has 108 valence electrons. The molecule has 0 fully saturated rings. The number of aryl methyl sites for hydroxylation is 2. The number of aromatic nitrogens is 2. The van der Waals surface area contributed by atoms with Crippen LogP contribution in [0.25, 0.3) is 0 Å². The zero-order valence-corrected chi connectivity index (χ0v) is 13.1. The molecular weight excluding hydrogens is 270 g/mol. The lowest BCUT2D eigenvalue weighted by Gasteiger charge is -2.14. The lowest BCUT2D eigenvalue weighted by atomic mass is 10.1. The Morgan fingerprint density at radius 1 is 1.25 bits per heavy atom. The summed E-state index contributed by atoms with van der Waals surface area (Å²) in [6, 6.07) is 10.5. The van der Waals surface area contributed by atoms with E-state index < -0.39 is 0 Å². The molecule has 20 heavy (non-hydrogen) atoms. The predicted molar refractivity (Wildman–Crippen MR) is 84.0 cm³/mol. The molecule has 2 rings (SSSR count). The Balaban J connectivity index is 2.00. The normalized spacial score (nSPS) is 12.6. The van der Waals surface area contributed by atoms with Crippen molar-refractivity contribution in [2.45, 2.75) is 46.3 Å². The van der Waals surface area contributed by atoms with Gasteiger partial charge in [-0.25, -0.2) is 0 Å². The van der Waals surface area contributed by atoms with Crippen molar-refractivity contribution in [3.63, 3.8) is 0 Å². The van der Waals surface area contributed by atoms with Crippen LogP contribution in [0.3, 0.4) is 0 Å². The molecule has 1 N–H and O–H groups in total. The molecule has 1 aromatic heterocycles. The standard InChI is InChI=1S/C16H22ClN3/c1-4-15-10-16(20(5-2)19-15)11-18-12(3)13-6-8-14(17)9-7-13/h6-10,12,18H,4-5,11H2,1-3H3/t12-/m0/s1. The van der Waals surface area contributed by atoms with Crippen molar-refractivity contribution in [3.8, 4) is 0 Å². The van der Waals surface area contributed by atoms with Crippen LogP contribution in [0, 0.1) is 0 Å². The van der Waals surface area contributed by atoms with E-state index >= 15 is 0 Å². The SMILES string of the molecule is CCc1cc(CN[C@@H](C)c2ccc(Cl)cc2)n(CC)n1. The highest BCUT2D eigenvalue weighted by Gasteiger charge is 2.09. The minimum absolute atomic E-state index is 0.289. The van der Waals surface area contributed by atoms with Crippen LogP contribution in [0.15, 0.2) is 30.3 Å². The van der Waals surface area contributed by atoms with Gasteiger partial charge in [-0.15, -0.1) is 0 Å². The second-order valence-electron chi connectivity index (χ2n) is 4.95. The summed E-state index contributed by atoms with van der Waals surface area (Å²) in [7, 11) is 0. The first-order valence-corrected chi connectivity index (χ1v) is 7.56. The summed E-state index contributed by atoms with van der Waals surface area (Å²) in [5.41, 5.74) is 3.64. The molecular formula is C16H22ClN3. The molecule has 0 bridgehead atoms. The number of hydrogen-bond donors (Lipinski definition) is 1. The summed E-state index contributed by atoms with van der Waals surface area (Å²) in [5, 5.41) is 8.89. The number of nitrogens with one attached hydrogen (secondary N) is 1. The lowest BCUT2D eigenvalue weighted by Crippen LogP contribution is -2.20. The van der Waals surface area contributed by atoms with Gasteiger partial charge in [0.1, 0.15) is 0 Å². The van der Waals surface area contributed by atoms with E-state index in [1.165, 1.54) is 11.3 Å². The van der Waals surface area contributed by atoms with E-state index in [4.69, 9.17) is 11.6 Å². The number of nitrogens with zero attached hydrogens (tertiary/aromatic N) is 2. The Morgan fingerprint density at radius 2 is 1.95 bits per heavy atom. The van der Waals surface area contributed by atoms with Gasteiger partial charge < -0.3 is 5.32 Å². The summed E-state index contributed by atoms with van der Waals surface area (Å²) in [6.07, 6.45) is 0.979. The van der Waals surface area contributed by atoms with E-state index in [-0.39, 0.29) is 6.04 Å². The monoisotopic (exact) mass is 291 g/mol. The van der Waals surface area contributed by atoms with Crippen LogP contribution in [0.1, 0.15) is 43.8 Å². The third kappa shape index (κ3) is 3.62. The second-order valence-corrected chi connectivity index (χ2v) is 5.39. The molecule has 0 aliphatic carbocycles. The van der Waals surface area contributed by atoms with Crippen molar-refractivity contribution in [1.82, 2.24) is 15.1 Å². The van der Waals surface area contributed by atoms with Crippen LogP contribution >= 0.6 is 11.6 Å². The first-order valence-electron chi connectivity index (χ1n) is 7.18. The van der Waals surface area contributed by atoms with E-state index in [1.54, 1.807) is 0 Å². The molecule has 1 aromatic carbocycles. The van der Waals surface area contributed by atoms with Gasteiger partial charge in [0.05, 0.1) is 11.4 Å². The van der Waals surface area contributed by atoms with E-state index in [0.29, 0.717) is 0 Å². The Morgan fingerprint density at radius 3 is 2.55 bits per heavy atom. The van der Waals surface area contributed by atoms with Gasteiger partial charge >= 0.3 is 0 Å². The number of benzene rings is 1. The highest BCUT2D eigenvalue weighted by molar-refractivity contribution is 6.30. The zero-order chi connectivity index (χ0) is 14.5. The highest BCUT2D eigenvalue weighted by Crippen LogP contribution is 2.16. The molecule has 0 spiro atoms. The molecule has 0 saturated heterocycles. The maximum absolute atomic E-state index is 5.92. The van der Waals surface area contributed by atoms with E-state index in [9.17, 15) is 0 Å². The Kier molecular flexibility index (Phi) is 5.21. The molecule has 2 aromatic rings. The molecule has 0 unspecified atom stereocenters. The fraction of sp³-hybridized carbons (Fsp3) is 0.438. The van der Waals surface area contributed by atoms with E-state index in [2.05, 4.69) is 54.1 Å². The number of hydrogen-bond acceptors (Lipinski definition) is 2. The van der Waals surface area contributed by atoms with Gasteiger partial charge in [-0.3, -0.25) is 4.68 Å². The Bertz CT molecular complexity index is 545. The quantitative estimate of drug-likeness (QED) is 0.873. The van der Waals surface area contributed by atoms with Crippen LogP contribution in [0.2, 0.25) is 5.02 Å². The van der Waals surface area contributed by atoms with Crippen LogP contribution < -0.4 is 5.32 Å². The third-order valence-corrected chi connectivity index (χ3v) is 3.79. The zero-order valence-electron chi connectivity index (χ0n) is 12.4. The van der Waals surface area contributed by atoms with E-state index in [0.717, 1.165) is 30.2 Å². The summed E-state index contributed by atoms with van der Waals surface area (Å²) < 4.78 is 2.07. The fourth-order valence-electron chi connectivity index (χ4n) is 2.23. The smallest absolute Gasteiger partial charge is 0.0625 e. The molecule has 1 atom stereocenters. The Labute approximate surface area is 126 Å². The molecule has 0 aliphatic heterocycles. The number of rotatable bonds is 6. The van der Waals surface area contributed by atoms with Gasteiger partial charge in [0, 0.05) is 24.2 Å². The van der Waals surface area contributed by atoms with Crippen LogP contribution in [0.5, 0.6) is 0 Å². The topological polar surface area (TPSA) is 29.9 Å². The first-order chi connectivity index (χ1) is 9.63. The van der Waals surface area contributed by atoms with Crippen molar-refractivity contribution in [3.05, 3.63) is 52.3 Å². The van der Waals surface area contributed by atoms with Crippen molar-refractivity contribution >= 4 is 11.6 Å². The lowest BCUT2D eigenvalue weighted by molar-refractivity contribution is 0.530. The summed E-state index contributed by atoms with van der Waals surface area (Å²) >= 11 is 5.92. The van der Waals surface area contributed by atoms with Gasteiger partial charge in [-0.05, 0) is 44.0 Å². The van der Waals surface area contributed by atoms with E-state index in [1.807, 2.05) is 12.1 Å². The van der Waals surface area contributed by atoms with Crippen molar-refractivity contribution in [1.29, 1.82) is 0 Å². The van der Waals surface area contributed by atoms with Crippen molar-refractivity contribution in [2.75, 3.05) is 0 Å². The molecule has 0 amide bonds. The van der Waals surface area contributed by atoms with Gasteiger partial charge in [0.25, 0.3) is 0 Å². The first kappa shape index (κ1) is 15.1. The average Bonchev–Trinajstić information content (AvgIpc) is 2.88. The van der Waals surface area contributed by atoms with Gasteiger partial charge in [-0.2, -0.15) is 5.10 Å². The second kappa shape index (κ2) is 6.91. The minimum Gasteiger partial charge on any atom is -0.305 e. The van der Waals surface area contributed by atoms with Crippen LogP contribution in [-0.4, -0.2) is 9.78 Å². The maximum Gasteiger partial charge on any atom is 0.0625 e. The average molecular weight is 292 g/mol. The third-order valence-electron chi connectivity index (χ3n) is 3.54.